The molecule has 1 aliphatic heterocycles. The van der Waals surface area contributed by atoms with Gasteiger partial charge in [0, 0.05) is 6.20 Å². The van der Waals surface area contributed by atoms with Crippen LogP contribution in [-0.4, -0.2) is 36.4 Å². The largest absolute Gasteiger partial charge is 0.487 e. The lowest BCUT2D eigenvalue weighted by molar-refractivity contribution is 0.00578. The fraction of sp³-hybridized carbons (Fsp3) is 0.467. The number of carbonyl (C=O) groups is 1. The van der Waals surface area contributed by atoms with Crippen molar-refractivity contribution in [1.82, 2.24) is 4.98 Å². The summed E-state index contributed by atoms with van der Waals surface area (Å²) >= 11 is 0. The first-order valence-electron chi connectivity index (χ1n) is 6.83. The lowest BCUT2D eigenvalue weighted by Crippen LogP contribution is -2.41. The molecular weight excluding hydrogens is 269 g/mol. The minimum atomic E-state index is -0.458. The van der Waals surface area contributed by atoms with E-state index in [0.717, 1.165) is 5.56 Å². The van der Waals surface area contributed by atoms with Crippen LogP contribution in [0.25, 0.3) is 6.08 Å². The van der Waals surface area contributed by atoms with Crippen molar-refractivity contribution in [3.05, 3.63) is 35.6 Å². The van der Waals surface area contributed by atoms with Gasteiger partial charge in [-0.05, 0) is 45.4 Å². The number of methoxy groups -OCH3 is 1. The highest BCUT2D eigenvalue weighted by molar-refractivity contribution is 6.52. The zero-order valence-corrected chi connectivity index (χ0v) is 13.0. The van der Waals surface area contributed by atoms with Gasteiger partial charge in [-0.25, -0.2) is 9.78 Å². The number of hydrogen-bond acceptors (Lipinski definition) is 5. The monoisotopic (exact) mass is 289 g/mol. The number of rotatable bonds is 3. The van der Waals surface area contributed by atoms with Gasteiger partial charge in [0.25, 0.3) is 0 Å². The molecule has 0 spiro atoms. The van der Waals surface area contributed by atoms with Crippen molar-refractivity contribution in [2.75, 3.05) is 7.11 Å². The summed E-state index contributed by atoms with van der Waals surface area (Å²) in [6.07, 6.45) is 3.41. The van der Waals surface area contributed by atoms with Crippen molar-refractivity contribution in [3.8, 4) is 0 Å². The number of pyridine rings is 1. The summed E-state index contributed by atoms with van der Waals surface area (Å²) in [6, 6.07) is 3.46. The van der Waals surface area contributed by atoms with Crippen molar-refractivity contribution in [2.45, 2.75) is 38.9 Å². The van der Waals surface area contributed by atoms with Gasteiger partial charge in [0.15, 0.2) is 0 Å². The fourth-order valence-corrected chi connectivity index (χ4v) is 1.92. The number of hydrogen-bond donors (Lipinski definition) is 0. The number of esters is 1. The Bertz CT molecular complexity index is 553. The molecule has 0 bridgehead atoms. The smallest absolute Gasteiger partial charge is 0.464 e. The normalized spacial score (nSPS) is 20.0. The topological polar surface area (TPSA) is 57.7 Å². The Labute approximate surface area is 125 Å². The van der Waals surface area contributed by atoms with E-state index in [9.17, 15) is 4.79 Å². The first kappa shape index (κ1) is 15.7. The number of nitrogens with zero attached hydrogens (tertiary/aromatic N) is 1. The molecule has 1 aliphatic rings. The third-order valence-electron chi connectivity index (χ3n) is 3.90. The van der Waals surface area contributed by atoms with Crippen molar-refractivity contribution < 1.29 is 18.8 Å². The lowest BCUT2D eigenvalue weighted by Gasteiger charge is -2.32. The summed E-state index contributed by atoms with van der Waals surface area (Å²) in [6.45, 7) is 8.01. The van der Waals surface area contributed by atoms with Gasteiger partial charge in [0.2, 0.25) is 0 Å². The quantitative estimate of drug-likeness (QED) is 0.632. The maximum absolute atomic E-state index is 11.4. The van der Waals surface area contributed by atoms with E-state index in [2.05, 4.69) is 9.72 Å². The maximum atomic E-state index is 11.4. The van der Waals surface area contributed by atoms with Crippen LogP contribution in [0, 0.1) is 0 Å². The number of aromatic nitrogens is 1. The van der Waals surface area contributed by atoms with E-state index in [4.69, 9.17) is 9.31 Å². The van der Waals surface area contributed by atoms with E-state index < -0.39 is 13.1 Å². The fourth-order valence-electron chi connectivity index (χ4n) is 1.92. The molecule has 0 atom stereocenters. The van der Waals surface area contributed by atoms with Crippen LogP contribution in [0.2, 0.25) is 0 Å². The summed E-state index contributed by atoms with van der Waals surface area (Å²) in [7, 11) is 0.918. The average molecular weight is 289 g/mol. The molecule has 112 valence electrons. The molecule has 1 saturated heterocycles. The molecule has 2 heterocycles. The van der Waals surface area contributed by atoms with Crippen molar-refractivity contribution >= 4 is 19.2 Å². The Balaban J connectivity index is 2.11. The van der Waals surface area contributed by atoms with E-state index in [0.29, 0.717) is 0 Å². The summed E-state index contributed by atoms with van der Waals surface area (Å²) in [5.41, 5.74) is 0.378. The minimum Gasteiger partial charge on any atom is -0.464 e. The molecule has 0 N–H and O–H groups in total. The van der Waals surface area contributed by atoms with Gasteiger partial charge in [-0.1, -0.05) is 12.1 Å². The second-order valence-corrected chi connectivity index (χ2v) is 5.95. The number of ether oxygens (including phenoxy) is 1. The predicted octanol–water partition coefficient (Wildman–Crippen LogP) is 2.51. The molecule has 0 saturated carbocycles. The standard InChI is InChI=1S/C15H20BNO4/c1-14(2)15(3,4)21-16(20-14)8-6-11-7-9-17-12(10-11)13(18)19-5/h6-10H,1-5H3/b8-6+. The molecule has 5 nitrogen and oxygen atoms in total. The Morgan fingerprint density at radius 1 is 1.29 bits per heavy atom. The summed E-state index contributed by atoms with van der Waals surface area (Å²) in [5.74, 6) is 1.37. The molecule has 1 aromatic heterocycles. The predicted molar refractivity (Wildman–Crippen MR) is 80.7 cm³/mol. The van der Waals surface area contributed by atoms with Gasteiger partial charge >= 0.3 is 13.1 Å². The van der Waals surface area contributed by atoms with E-state index in [-0.39, 0.29) is 16.9 Å². The molecule has 6 heteroatoms. The third-order valence-corrected chi connectivity index (χ3v) is 3.90. The highest BCUT2D eigenvalue weighted by Gasteiger charge is 2.49. The Hall–Kier alpha value is -1.66. The first-order chi connectivity index (χ1) is 9.75. The van der Waals surface area contributed by atoms with Crippen molar-refractivity contribution in [1.29, 1.82) is 0 Å². The molecule has 0 unspecified atom stereocenters. The zero-order chi connectivity index (χ0) is 15.7. The highest BCUT2D eigenvalue weighted by atomic mass is 16.7. The molecule has 0 aliphatic carbocycles. The van der Waals surface area contributed by atoms with Gasteiger partial charge in [-0.3, -0.25) is 0 Å². The molecule has 2 rings (SSSR count). The highest BCUT2D eigenvalue weighted by Crippen LogP contribution is 2.36. The second kappa shape index (κ2) is 5.62. The van der Waals surface area contributed by atoms with Crippen LogP contribution in [0.15, 0.2) is 24.3 Å². The van der Waals surface area contributed by atoms with E-state index in [1.54, 1.807) is 18.3 Å². The van der Waals surface area contributed by atoms with Gasteiger partial charge < -0.3 is 14.0 Å². The van der Waals surface area contributed by atoms with Crippen LogP contribution in [0.5, 0.6) is 0 Å². The number of carbonyl (C=O) groups excluding carboxylic acids is 1. The third kappa shape index (κ3) is 3.33. The van der Waals surface area contributed by atoms with Gasteiger partial charge in [0.1, 0.15) is 5.69 Å². The van der Waals surface area contributed by atoms with Gasteiger partial charge in [-0.2, -0.15) is 0 Å². The van der Waals surface area contributed by atoms with E-state index in [1.165, 1.54) is 7.11 Å². The van der Waals surface area contributed by atoms with Gasteiger partial charge in [0.05, 0.1) is 18.3 Å². The molecule has 0 amide bonds. The summed E-state index contributed by atoms with van der Waals surface area (Å²) in [4.78, 5) is 15.4. The summed E-state index contributed by atoms with van der Waals surface area (Å²) < 4.78 is 16.4. The van der Waals surface area contributed by atoms with Crippen LogP contribution < -0.4 is 0 Å². The summed E-state index contributed by atoms with van der Waals surface area (Å²) in [5, 5.41) is 0. The van der Waals surface area contributed by atoms with Crippen LogP contribution in [0.1, 0.15) is 43.7 Å². The molecule has 0 aromatic carbocycles. The van der Waals surface area contributed by atoms with Crippen molar-refractivity contribution in [3.63, 3.8) is 0 Å². The zero-order valence-electron chi connectivity index (χ0n) is 13.0. The lowest BCUT2D eigenvalue weighted by atomic mass is 9.89. The van der Waals surface area contributed by atoms with E-state index in [1.807, 2.05) is 39.7 Å². The van der Waals surface area contributed by atoms with E-state index >= 15 is 0 Å². The first-order valence-corrected chi connectivity index (χ1v) is 6.83. The maximum Gasteiger partial charge on any atom is 0.487 e. The van der Waals surface area contributed by atoms with Crippen LogP contribution in [0.4, 0.5) is 0 Å². The molecule has 21 heavy (non-hydrogen) atoms. The SMILES string of the molecule is COC(=O)c1cc(/C=C/B2OC(C)(C)C(C)(C)O2)ccn1. The average Bonchev–Trinajstić information content (AvgIpc) is 2.64. The Morgan fingerprint density at radius 2 is 1.90 bits per heavy atom. The second-order valence-electron chi connectivity index (χ2n) is 5.95. The van der Waals surface area contributed by atoms with Crippen LogP contribution >= 0.6 is 0 Å². The Kier molecular flexibility index (Phi) is 4.21. The Morgan fingerprint density at radius 3 is 2.48 bits per heavy atom. The molecular formula is C15H20BNO4. The minimum absolute atomic E-state index is 0.272. The van der Waals surface area contributed by atoms with Crippen LogP contribution in [0.3, 0.4) is 0 Å². The van der Waals surface area contributed by atoms with Crippen LogP contribution in [-0.2, 0) is 14.0 Å². The molecule has 1 aromatic rings. The molecule has 1 fully saturated rings. The van der Waals surface area contributed by atoms with Crippen molar-refractivity contribution in [2.24, 2.45) is 0 Å². The van der Waals surface area contributed by atoms with Gasteiger partial charge in [-0.15, -0.1) is 0 Å². The molecule has 0 radical (unpaired) electrons.